The molecule has 0 radical (unpaired) electrons. The molecule has 1 atom stereocenters. The Morgan fingerprint density at radius 1 is 1.56 bits per heavy atom. The molecule has 0 spiro atoms. The number of nitrogens with zero attached hydrogens (tertiary/aromatic N) is 3. The Morgan fingerprint density at radius 2 is 2.38 bits per heavy atom. The zero-order valence-corrected chi connectivity index (χ0v) is 11.4. The SMILES string of the molecule is CC1CN(C)CCCN1c1nc(CCl)cs1. The van der Waals surface area contributed by atoms with Gasteiger partial charge in [0.15, 0.2) is 5.13 Å². The van der Waals surface area contributed by atoms with Gasteiger partial charge in [-0.1, -0.05) is 0 Å². The summed E-state index contributed by atoms with van der Waals surface area (Å²) in [5, 5.41) is 3.18. The van der Waals surface area contributed by atoms with Crippen LogP contribution in [-0.2, 0) is 5.88 Å². The first-order valence-corrected chi connectivity index (χ1v) is 7.07. The standard InChI is InChI=1S/C11H18ClN3S/c1-9-7-14(2)4-3-5-15(9)11-13-10(6-12)8-16-11/h8-9H,3-7H2,1-2H3. The van der Waals surface area contributed by atoms with E-state index < -0.39 is 0 Å². The lowest BCUT2D eigenvalue weighted by molar-refractivity contribution is 0.337. The first-order valence-electron chi connectivity index (χ1n) is 5.66. The Bertz CT molecular complexity index is 342. The molecule has 2 rings (SSSR count). The molecule has 90 valence electrons. The van der Waals surface area contributed by atoms with E-state index in [0.717, 1.165) is 23.9 Å². The maximum atomic E-state index is 5.79. The van der Waals surface area contributed by atoms with E-state index in [1.807, 2.05) is 0 Å². The lowest BCUT2D eigenvalue weighted by atomic mass is 10.3. The number of hydrogen-bond donors (Lipinski definition) is 0. The smallest absolute Gasteiger partial charge is 0.185 e. The van der Waals surface area contributed by atoms with E-state index in [4.69, 9.17) is 11.6 Å². The number of halogens is 1. The van der Waals surface area contributed by atoms with E-state index >= 15 is 0 Å². The second kappa shape index (κ2) is 5.34. The monoisotopic (exact) mass is 259 g/mol. The Hall–Kier alpha value is -0.320. The summed E-state index contributed by atoms with van der Waals surface area (Å²) in [6.07, 6.45) is 1.20. The predicted molar refractivity (Wildman–Crippen MR) is 70.6 cm³/mol. The Morgan fingerprint density at radius 3 is 3.06 bits per heavy atom. The highest BCUT2D eigenvalue weighted by molar-refractivity contribution is 7.13. The highest BCUT2D eigenvalue weighted by atomic mass is 35.5. The number of likely N-dealkylation sites (N-methyl/N-ethyl adjacent to an activating group) is 1. The summed E-state index contributed by atoms with van der Waals surface area (Å²) >= 11 is 7.50. The Balaban J connectivity index is 2.12. The normalized spacial score (nSPS) is 23.4. The molecule has 1 fully saturated rings. The average Bonchev–Trinajstić information content (AvgIpc) is 2.65. The number of alkyl halides is 1. The molecule has 3 nitrogen and oxygen atoms in total. The minimum Gasteiger partial charge on any atom is -0.344 e. The van der Waals surface area contributed by atoms with Crippen molar-refractivity contribution in [2.24, 2.45) is 0 Å². The molecule has 1 aromatic rings. The molecule has 16 heavy (non-hydrogen) atoms. The third kappa shape index (κ3) is 2.67. The first kappa shape index (κ1) is 12.1. The van der Waals surface area contributed by atoms with Crippen molar-refractivity contribution in [2.75, 3.05) is 31.6 Å². The van der Waals surface area contributed by atoms with Crippen LogP contribution in [0.1, 0.15) is 19.0 Å². The van der Waals surface area contributed by atoms with Crippen LogP contribution < -0.4 is 4.90 Å². The highest BCUT2D eigenvalue weighted by Crippen LogP contribution is 2.25. The van der Waals surface area contributed by atoms with Crippen LogP contribution in [-0.4, -0.2) is 42.6 Å². The van der Waals surface area contributed by atoms with Gasteiger partial charge in [0.1, 0.15) is 0 Å². The third-order valence-electron chi connectivity index (χ3n) is 2.97. The summed E-state index contributed by atoms with van der Waals surface area (Å²) in [4.78, 5) is 9.36. The molecule has 5 heteroatoms. The molecular weight excluding hydrogens is 242 g/mol. The van der Waals surface area contributed by atoms with E-state index in [1.54, 1.807) is 11.3 Å². The summed E-state index contributed by atoms with van der Waals surface area (Å²) in [5.41, 5.74) is 0.992. The third-order valence-corrected chi connectivity index (χ3v) is 4.17. The van der Waals surface area contributed by atoms with E-state index in [-0.39, 0.29) is 0 Å². The van der Waals surface area contributed by atoms with Gasteiger partial charge in [-0.25, -0.2) is 4.98 Å². The van der Waals surface area contributed by atoms with Crippen molar-refractivity contribution in [3.63, 3.8) is 0 Å². The van der Waals surface area contributed by atoms with Crippen LogP contribution in [0.3, 0.4) is 0 Å². The summed E-state index contributed by atoms with van der Waals surface area (Å²) in [6.45, 7) is 5.65. The second-order valence-corrected chi connectivity index (χ2v) is 5.52. The average molecular weight is 260 g/mol. The molecule has 1 saturated heterocycles. The fraction of sp³-hybridized carbons (Fsp3) is 0.727. The van der Waals surface area contributed by atoms with Crippen molar-refractivity contribution in [2.45, 2.75) is 25.3 Å². The fourth-order valence-electron chi connectivity index (χ4n) is 2.15. The summed E-state index contributed by atoms with van der Waals surface area (Å²) in [7, 11) is 2.19. The van der Waals surface area contributed by atoms with Crippen LogP contribution in [0.4, 0.5) is 5.13 Å². The van der Waals surface area contributed by atoms with Gasteiger partial charge in [-0.2, -0.15) is 0 Å². The number of rotatable bonds is 2. The fourth-order valence-corrected chi connectivity index (χ4v) is 3.33. The Labute approximate surface area is 106 Å². The molecule has 1 aromatic heterocycles. The van der Waals surface area contributed by atoms with Gasteiger partial charge >= 0.3 is 0 Å². The van der Waals surface area contributed by atoms with E-state index in [0.29, 0.717) is 11.9 Å². The van der Waals surface area contributed by atoms with Gasteiger partial charge in [0, 0.05) is 24.5 Å². The van der Waals surface area contributed by atoms with E-state index in [2.05, 4.69) is 34.1 Å². The molecule has 0 saturated carbocycles. The van der Waals surface area contributed by atoms with Crippen LogP contribution >= 0.6 is 22.9 Å². The molecular formula is C11H18ClN3S. The largest absolute Gasteiger partial charge is 0.344 e. The first-order chi connectivity index (χ1) is 7.70. The van der Waals surface area contributed by atoms with E-state index in [9.17, 15) is 0 Å². The van der Waals surface area contributed by atoms with Crippen LogP contribution in [0.5, 0.6) is 0 Å². The van der Waals surface area contributed by atoms with Crippen LogP contribution in [0.25, 0.3) is 0 Å². The predicted octanol–water partition coefficient (Wildman–Crippen LogP) is 2.41. The molecule has 0 aromatic carbocycles. The van der Waals surface area contributed by atoms with Gasteiger partial charge in [0.25, 0.3) is 0 Å². The minimum absolute atomic E-state index is 0.513. The summed E-state index contributed by atoms with van der Waals surface area (Å²) < 4.78 is 0. The van der Waals surface area contributed by atoms with Crippen LogP contribution in [0.2, 0.25) is 0 Å². The minimum atomic E-state index is 0.513. The zero-order valence-electron chi connectivity index (χ0n) is 9.82. The Kier molecular flexibility index (Phi) is 4.05. The van der Waals surface area contributed by atoms with Crippen molar-refractivity contribution in [3.05, 3.63) is 11.1 Å². The molecule has 0 aliphatic carbocycles. The van der Waals surface area contributed by atoms with Gasteiger partial charge in [-0.05, 0) is 26.9 Å². The number of hydrogen-bond acceptors (Lipinski definition) is 4. The van der Waals surface area contributed by atoms with Crippen molar-refractivity contribution in [3.8, 4) is 0 Å². The molecule has 1 aliphatic rings. The summed E-state index contributed by atoms with van der Waals surface area (Å²) in [6, 6.07) is 0.529. The lowest BCUT2D eigenvalue weighted by Gasteiger charge is -2.27. The number of aromatic nitrogens is 1. The number of anilines is 1. The lowest BCUT2D eigenvalue weighted by Crippen LogP contribution is -2.37. The molecule has 0 N–H and O–H groups in total. The maximum Gasteiger partial charge on any atom is 0.185 e. The van der Waals surface area contributed by atoms with Gasteiger partial charge < -0.3 is 9.80 Å². The summed E-state index contributed by atoms with van der Waals surface area (Å²) in [5.74, 6) is 0.513. The van der Waals surface area contributed by atoms with Gasteiger partial charge in [0.05, 0.1) is 11.6 Å². The second-order valence-electron chi connectivity index (χ2n) is 4.41. The molecule has 0 bridgehead atoms. The highest BCUT2D eigenvalue weighted by Gasteiger charge is 2.21. The quantitative estimate of drug-likeness (QED) is 0.761. The van der Waals surface area contributed by atoms with Crippen molar-refractivity contribution in [1.29, 1.82) is 0 Å². The number of thiazole rings is 1. The van der Waals surface area contributed by atoms with Gasteiger partial charge in [-0.3, -0.25) is 0 Å². The van der Waals surface area contributed by atoms with Crippen LogP contribution in [0, 0.1) is 0 Å². The zero-order chi connectivity index (χ0) is 11.5. The topological polar surface area (TPSA) is 19.4 Å². The molecule has 0 amide bonds. The van der Waals surface area contributed by atoms with Crippen molar-refractivity contribution in [1.82, 2.24) is 9.88 Å². The van der Waals surface area contributed by atoms with Gasteiger partial charge in [0.2, 0.25) is 0 Å². The molecule has 2 heterocycles. The molecule has 1 aliphatic heterocycles. The van der Waals surface area contributed by atoms with Crippen molar-refractivity contribution < 1.29 is 0 Å². The van der Waals surface area contributed by atoms with Crippen LogP contribution in [0.15, 0.2) is 5.38 Å². The van der Waals surface area contributed by atoms with Crippen molar-refractivity contribution >= 4 is 28.1 Å². The molecule has 1 unspecified atom stereocenters. The van der Waals surface area contributed by atoms with E-state index in [1.165, 1.54) is 13.0 Å². The van der Waals surface area contributed by atoms with Gasteiger partial charge in [-0.15, -0.1) is 22.9 Å². The maximum absolute atomic E-state index is 5.79.